The summed E-state index contributed by atoms with van der Waals surface area (Å²) < 4.78 is 0. The van der Waals surface area contributed by atoms with Gasteiger partial charge in [-0.3, -0.25) is 0 Å². The van der Waals surface area contributed by atoms with Gasteiger partial charge in [0.15, 0.2) is 11.5 Å². The summed E-state index contributed by atoms with van der Waals surface area (Å²) in [6, 6.07) is 5.85. The van der Waals surface area contributed by atoms with Crippen molar-refractivity contribution in [1.29, 1.82) is 5.26 Å². The lowest BCUT2D eigenvalue weighted by atomic mass is 10.0. The van der Waals surface area contributed by atoms with Gasteiger partial charge in [0.25, 0.3) is 0 Å². The molecule has 0 spiro atoms. The number of rotatable bonds is 2. The zero-order chi connectivity index (χ0) is 9.84. The highest BCUT2D eigenvalue weighted by atomic mass is 16.3. The van der Waals surface area contributed by atoms with Crippen molar-refractivity contribution in [2.45, 2.75) is 12.5 Å². The first-order valence-corrected chi connectivity index (χ1v) is 3.80. The average molecular weight is 178 g/mol. The highest BCUT2D eigenvalue weighted by Crippen LogP contribution is 2.32. The summed E-state index contributed by atoms with van der Waals surface area (Å²) in [5.74, 6) is -0.462. The predicted molar refractivity (Wildman–Crippen MR) is 46.9 cm³/mol. The number of nitrogens with zero attached hydrogens (tertiary/aromatic N) is 1. The molecule has 13 heavy (non-hydrogen) atoms. The molecule has 0 amide bonds. The summed E-state index contributed by atoms with van der Waals surface area (Å²) in [4.78, 5) is 0. The van der Waals surface area contributed by atoms with E-state index in [4.69, 9.17) is 16.1 Å². The van der Waals surface area contributed by atoms with Gasteiger partial charge in [0.2, 0.25) is 0 Å². The van der Waals surface area contributed by atoms with E-state index in [9.17, 15) is 5.11 Å². The van der Waals surface area contributed by atoms with Crippen LogP contribution in [0, 0.1) is 11.3 Å². The molecule has 4 nitrogen and oxygen atoms in total. The van der Waals surface area contributed by atoms with Gasteiger partial charge < -0.3 is 15.9 Å². The molecule has 0 aliphatic heterocycles. The van der Waals surface area contributed by atoms with Crippen molar-refractivity contribution in [2.24, 2.45) is 5.73 Å². The zero-order valence-corrected chi connectivity index (χ0v) is 6.94. The minimum atomic E-state index is -0.558. The Balaban J connectivity index is 3.02. The quantitative estimate of drug-likeness (QED) is 0.589. The van der Waals surface area contributed by atoms with E-state index in [-0.39, 0.29) is 17.9 Å². The van der Waals surface area contributed by atoms with Crippen LogP contribution in [0.3, 0.4) is 0 Å². The van der Waals surface area contributed by atoms with Crippen molar-refractivity contribution in [2.75, 3.05) is 0 Å². The number of benzene rings is 1. The Morgan fingerprint density at radius 2 is 2.15 bits per heavy atom. The minimum Gasteiger partial charge on any atom is -0.504 e. The molecule has 4 heteroatoms. The van der Waals surface area contributed by atoms with E-state index in [1.807, 2.05) is 6.07 Å². The standard InChI is InChI=1S/C9H10N2O2/c10-5-4-7(11)6-2-1-3-8(12)9(6)13/h1-3,7,12-13H,4,11H2/t7-/m1/s1. The van der Waals surface area contributed by atoms with Gasteiger partial charge in [-0.05, 0) is 6.07 Å². The highest BCUT2D eigenvalue weighted by molar-refractivity contribution is 5.45. The van der Waals surface area contributed by atoms with Crippen molar-refractivity contribution in [3.63, 3.8) is 0 Å². The van der Waals surface area contributed by atoms with Crippen LogP contribution in [0.15, 0.2) is 18.2 Å². The van der Waals surface area contributed by atoms with E-state index < -0.39 is 6.04 Å². The van der Waals surface area contributed by atoms with Crippen LogP contribution in [0.5, 0.6) is 11.5 Å². The minimum absolute atomic E-state index is 0.108. The summed E-state index contributed by atoms with van der Waals surface area (Å²) in [5, 5.41) is 26.9. The van der Waals surface area contributed by atoms with Gasteiger partial charge >= 0.3 is 0 Å². The summed E-state index contributed by atoms with van der Waals surface area (Å²) >= 11 is 0. The Kier molecular flexibility index (Phi) is 2.72. The topological polar surface area (TPSA) is 90.3 Å². The van der Waals surface area contributed by atoms with Crippen LogP contribution in [0.2, 0.25) is 0 Å². The second-order valence-electron chi connectivity index (χ2n) is 2.68. The number of hydrogen-bond acceptors (Lipinski definition) is 4. The van der Waals surface area contributed by atoms with Crippen molar-refractivity contribution in [1.82, 2.24) is 0 Å². The van der Waals surface area contributed by atoms with E-state index in [1.54, 1.807) is 12.1 Å². The Labute approximate surface area is 75.8 Å². The summed E-state index contributed by atoms with van der Waals surface area (Å²) in [6.07, 6.45) is 0.108. The number of para-hydroxylation sites is 1. The number of nitrogens with two attached hydrogens (primary N) is 1. The van der Waals surface area contributed by atoms with Crippen molar-refractivity contribution in [3.05, 3.63) is 23.8 Å². The third-order valence-electron chi connectivity index (χ3n) is 1.76. The Morgan fingerprint density at radius 1 is 1.46 bits per heavy atom. The van der Waals surface area contributed by atoms with E-state index >= 15 is 0 Å². The van der Waals surface area contributed by atoms with Gasteiger partial charge in [0, 0.05) is 11.6 Å². The fraction of sp³-hybridized carbons (Fsp3) is 0.222. The largest absolute Gasteiger partial charge is 0.504 e. The van der Waals surface area contributed by atoms with Crippen LogP contribution in [0.25, 0.3) is 0 Å². The molecular weight excluding hydrogens is 168 g/mol. The summed E-state index contributed by atoms with van der Waals surface area (Å²) in [6.45, 7) is 0. The van der Waals surface area contributed by atoms with Gasteiger partial charge in [-0.1, -0.05) is 12.1 Å². The first kappa shape index (κ1) is 9.36. The van der Waals surface area contributed by atoms with Gasteiger partial charge in [0.1, 0.15) is 0 Å². The molecule has 0 fully saturated rings. The number of hydrogen-bond donors (Lipinski definition) is 3. The Morgan fingerprint density at radius 3 is 2.77 bits per heavy atom. The molecule has 1 atom stereocenters. The zero-order valence-electron chi connectivity index (χ0n) is 6.94. The lowest BCUT2D eigenvalue weighted by Crippen LogP contribution is -2.09. The number of aromatic hydroxyl groups is 2. The first-order valence-electron chi connectivity index (χ1n) is 3.80. The highest BCUT2D eigenvalue weighted by Gasteiger charge is 2.12. The molecule has 1 rings (SSSR count). The smallest absolute Gasteiger partial charge is 0.162 e. The lowest BCUT2D eigenvalue weighted by Gasteiger charge is -2.10. The first-order chi connectivity index (χ1) is 6.16. The molecule has 68 valence electrons. The van der Waals surface area contributed by atoms with Crippen LogP contribution in [-0.2, 0) is 0 Å². The van der Waals surface area contributed by atoms with Crippen LogP contribution in [0.4, 0.5) is 0 Å². The predicted octanol–water partition coefficient (Wildman–Crippen LogP) is 1.01. The third-order valence-corrected chi connectivity index (χ3v) is 1.76. The number of phenolic OH excluding ortho intramolecular Hbond substituents is 2. The molecule has 0 aliphatic rings. The second kappa shape index (κ2) is 3.78. The van der Waals surface area contributed by atoms with E-state index in [0.29, 0.717) is 5.56 Å². The molecule has 0 saturated heterocycles. The monoisotopic (exact) mass is 178 g/mol. The molecule has 0 unspecified atom stereocenters. The van der Waals surface area contributed by atoms with Crippen molar-refractivity contribution in [3.8, 4) is 17.6 Å². The van der Waals surface area contributed by atoms with Crippen molar-refractivity contribution >= 4 is 0 Å². The van der Waals surface area contributed by atoms with Gasteiger partial charge in [0.05, 0.1) is 12.5 Å². The molecule has 0 saturated carbocycles. The molecule has 0 bridgehead atoms. The molecule has 4 N–H and O–H groups in total. The van der Waals surface area contributed by atoms with E-state index in [2.05, 4.69) is 0 Å². The average Bonchev–Trinajstić information content (AvgIpc) is 2.10. The Hall–Kier alpha value is -1.73. The van der Waals surface area contributed by atoms with Crippen LogP contribution in [0.1, 0.15) is 18.0 Å². The van der Waals surface area contributed by atoms with Gasteiger partial charge in [-0.2, -0.15) is 5.26 Å². The maximum atomic E-state index is 9.36. The molecular formula is C9H10N2O2. The van der Waals surface area contributed by atoms with E-state index in [1.165, 1.54) is 6.07 Å². The van der Waals surface area contributed by atoms with Gasteiger partial charge in [-0.25, -0.2) is 0 Å². The Bertz CT molecular complexity index is 344. The third kappa shape index (κ3) is 1.89. The number of phenols is 2. The molecule has 1 aromatic carbocycles. The van der Waals surface area contributed by atoms with Crippen LogP contribution in [-0.4, -0.2) is 10.2 Å². The fourth-order valence-electron chi connectivity index (χ4n) is 1.06. The summed E-state index contributed by atoms with van der Waals surface area (Å²) in [7, 11) is 0. The molecule has 1 aromatic rings. The lowest BCUT2D eigenvalue weighted by molar-refractivity contribution is 0.396. The normalized spacial score (nSPS) is 12.0. The van der Waals surface area contributed by atoms with Crippen LogP contribution >= 0.6 is 0 Å². The molecule has 0 heterocycles. The van der Waals surface area contributed by atoms with Crippen LogP contribution < -0.4 is 5.73 Å². The molecule has 0 radical (unpaired) electrons. The maximum absolute atomic E-state index is 9.36. The SMILES string of the molecule is N#CC[C@@H](N)c1cccc(O)c1O. The van der Waals surface area contributed by atoms with Gasteiger partial charge in [-0.15, -0.1) is 0 Å². The number of nitriles is 1. The second-order valence-corrected chi connectivity index (χ2v) is 2.68. The molecule has 0 aliphatic carbocycles. The van der Waals surface area contributed by atoms with Crippen molar-refractivity contribution < 1.29 is 10.2 Å². The molecule has 0 aromatic heterocycles. The maximum Gasteiger partial charge on any atom is 0.162 e. The fourth-order valence-corrected chi connectivity index (χ4v) is 1.06. The summed E-state index contributed by atoms with van der Waals surface area (Å²) in [5.41, 5.74) is 5.97. The van der Waals surface area contributed by atoms with E-state index in [0.717, 1.165) is 0 Å².